The minimum absolute atomic E-state index is 0.00956. The summed E-state index contributed by atoms with van der Waals surface area (Å²) in [6.45, 7) is 7.94. The normalized spacial score (nSPS) is 11.2. The van der Waals surface area contributed by atoms with E-state index in [-0.39, 0.29) is 23.2 Å². The van der Waals surface area contributed by atoms with Gasteiger partial charge in [0.05, 0.1) is 11.9 Å². The number of carbonyl (C=O) groups is 3. The van der Waals surface area contributed by atoms with Crippen molar-refractivity contribution in [1.29, 1.82) is 0 Å². The Kier molecular flexibility index (Phi) is 6.91. The van der Waals surface area contributed by atoms with Crippen molar-refractivity contribution in [2.75, 3.05) is 6.54 Å². The van der Waals surface area contributed by atoms with E-state index in [0.717, 1.165) is 5.56 Å². The highest BCUT2D eigenvalue weighted by molar-refractivity contribution is 6.05. The molecule has 2 aromatic carbocycles. The van der Waals surface area contributed by atoms with E-state index in [4.69, 9.17) is 0 Å². The van der Waals surface area contributed by atoms with Gasteiger partial charge in [0.2, 0.25) is 0 Å². The van der Waals surface area contributed by atoms with Crippen molar-refractivity contribution < 1.29 is 14.4 Å². The molecule has 0 spiro atoms. The van der Waals surface area contributed by atoms with Crippen LogP contribution in [0.25, 0.3) is 10.8 Å². The van der Waals surface area contributed by atoms with Crippen molar-refractivity contribution in [3.63, 3.8) is 0 Å². The monoisotopic (exact) mass is 449 g/mol. The maximum Gasteiger partial charge on any atom is 0.290 e. The summed E-state index contributed by atoms with van der Waals surface area (Å²) in [5, 5.41) is 7.36. The predicted molar refractivity (Wildman–Crippen MR) is 125 cm³/mol. The molecule has 3 rings (SSSR count). The molecule has 0 saturated carbocycles. The number of hydrogen-bond donors (Lipinski definition) is 3. The number of amides is 3. The number of hydrogen-bond acceptors (Lipinski definition) is 5. The Hall–Kier alpha value is -4.01. The Labute approximate surface area is 191 Å². The SMILES string of the molecule is CCn1nc(C(=O)NNC(=O)CNC(=O)c2ccc(C(C)(C)C)cc2)c2ccccc2c1=O. The van der Waals surface area contributed by atoms with Crippen LogP contribution in [0, 0.1) is 0 Å². The van der Waals surface area contributed by atoms with Gasteiger partial charge in [0.1, 0.15) is 0 Å². The van der Waals surface area contributed by atoms with Gasteiger partial charge in [0.15, 0.2) is 5.69 Å². The Morgan fingerprint density at radius 3 is 2.15 bits per heavy atom. The van der Waals surface area contributed by atoms with E-state index in [9.17, 15) is 19.2 Å². The smallest absolute Gasteiger partial charge is 0.290 e. The van der Waals surface area contributed by atoms with Crippen molar-refractivity contribution >= 4 is 28.5 Å². The topological polar surface area (TPSA) is 122 Å². The van der Waals surface area contributed by atoms with Gasteiger partial charge in [0.25, 0.3) is 23.3 Å². The Balaban J connectivity index is 1.60. The molecule has 172 valence electrons. The lowest BCUT2D eigenvalue weighted by atomic mass is 9.87. The molecule has 3 N–H and O–H groups in total. The van der Waals surface area contributed by atoms with Crippen molar-refractivity contribution in [1.82, 2.24) is 25.9 Å². The molecule has 3 aromatic rings. The summed E-state index contributed by atoms with van der Waals surface area (Å²) in [6.07, 6.45) is 0. The van der Waals surface area contributed by atoms with Gasteiger partial charge in [-0.1, -0.05) is 51.1 Å². The molecule has 0 fully saturated rings. The maximum absolute atomic E-state index is 12.6. The highest BCUT2D eigenvalue weighted by Gasteiger charge is 2.18. The molecule has 9 nitrogen and oxygen atoms in total. The van der Waals surface area contributed by atoms with Crippen LogP contribution in [0.15, 0.2) is 53.3 Å². The molecule has 9 heteroatoms. The van der Waals surface area contributed by atoms with Crippen LogP contribution in [0.1, 0.15) is 54.1 Å². The number of nitrogens with zero attached hydrogens (tertiary/aromatic N) is 2. The molecule has 0 unspecified atom stereocenters. The van der Waals surface area contributed by atoms with Crippen molar-refractivity contribution in [3.8, 4) is 0 Å². The summed E-state index contributed by atoms with van der Waals surface area (Å²) in [4.78, 5) is 49.4. The van der Waals surface area contributed by atoms with Gasteiger partial charge in [-0.2, -0.15) is 5.10 Å². The zero-order valence-corrected chi connectivity index (χ0v) is 19.1. The maximum atomic E-state index is 12.6. The lowest BCUT2D eigenvalue weighted by Gasteiger charge is -2.19. The van der Waals surface area contributed by atoms with Gasteiger partial charge in [-0.15, -0.1) is 0 Å². The molecule has 0 aliphatic rings. The average molecular weight is 450 g/mol. The predicted octanol–water partition coefficient (Wildman–Crippen LogP) is 1.90. The van der Waals surface area contributed by atoms with Gasteiger partial charge in [-0.25, -0.2) is 4.68 Å². The number of rotatable bonds is 5. The molecular formula is C24H27N5O4. The van der Waals surface area contributed by atoms with E-state index in [1.807, 2.05) is 12.1 Å². The molecule has 3 amide bonds. The second kappa shape index (κ2) is 9.64. The van der Waals surface area contributed by atoms with Crippen LogP contribution in [-0.2, 0) is 16.8 Å². The van der Waals surface area contributed by atoms with E-state index in [2.05, 4.69) is 42.0 Å². The number of aryl methyl sites for hydroxylation is 1. The summed E-state index contributed by atoms with van der Waals surface area (Å²) in [5.41, 5.74) is 5.74. The second-order valence-corrected chi connectivity index (χ2v) is 8.53. The van der Waals surface area contributed by atoms with Gasteiger partial charge in [-0.3, -0.25) is 30.0 Å². The van der Waals surface area contributed by atoms with Gasteiger partial charge < -0.3 is 5.32 Å². The van der Waals surface area contributed by atoms with Gasteiger partial charge in [-0.05, 0) is 36.1 Å². The van der Waals surface area contributed by atoms with Crippen LogP contribution in [0.3, 0.4) is 0 Å². The standard InChI is InChI=1S/C24H27N5O4/c1-5-29-23(33)18-9-7-6-8-17(18)20(28-29)22(32)27-26-19(30)14-25-21(31)15-10-12-16(13-11-15)24(2,3)4/h6-13H,5,14H2,1-4H3,(H,25,31)(H,26,30)(H,27,32). The zero-order valence-electron chi connectivity index (χ0n) is 19.1. The fraction of sp³-hybridized carbons (Fsp3) is 0.292. The van der Waals surface area contributed by atoms with Crippen LogP contribution in [0.4, 0.5) is 0 Å². The van der Waals surface area contributed by atoms with Crippen molar-refractivity contribution in [3.05, 3.63) is 75.7 Å². The first-order valence-electron chi connectivity index (χ1n) is 10.6. The molecular weight excluding hydrogens is 422 g/mol. The van der Waals surface area contributed by atoms with Crippen molar-refractivity contribution in [2.24, 2.45) is 0 Å². The van der Waals surface area contributed by atoms with E-state index in [1.165, 1.54) is 4.68 Å². The van der Waals surface area contributed by atoms with Crippen LogP contribution in [0.5, 0.6) is 0 Å². The van der Waals surface area contributed by atoms with Gasteiger partial charge >= 0.3 is 0 Å². The summed E-state index contributed by atoms with van der Waals surface area (Å²) < 4.78 is 1.18. The van der Waals surface area contributed by atoms with Crippen molar-refractivity contribution in [2.45, 2.75) is 39.7 Å². The zero-order chi connectivity index (χ0) is 24.2. The Morgan fingerprint density at radius 2 is 1.55 bits per heavy atom. The molecule has 33 heavy (non-hydrogen) atoms. The molecule has 1 aromatic heterocycles. The molecule has 0 saturated heterocycles. The molecule has 0 bridgehead atoms. The Morgan fingerprint density at radius 1 is 0.909 bits per heavy atom. The van der Waals surface area contributed by atoms with Crippen LogP contribution in [-0.4, -0.2) is 34.0 Å². The average Bonchev–Trinajstić information content (AvgIpc) is 2.81. The molecule has 1 heterocycles. The second-order valence-electron chi connectivity index (χ2n) is 8.53. The number of nitrogens with one attached hydrogen (secondary N) is 3. The van der Waals surface area contributed by atoms with E-state index >= 15 is 0 Å². The van der Waals surface area contributed by atoms with Gasteiger partial charge in [0, 0.05) is 17.5 Å². The lowest BCUT2D eigenvalue weighted by Crippen LogP contribution is -2.47. The summed E-state index contributed by atoms with van der Waals surface area (Å²) >= 11 is 0. The van der Waals surface area contributed by atoms with E-state index < -0.39 is 17.7 Å². The summed E-state index contributed by atoms with van der Waals surface area (Å²) in [6, 6.07) is 13.8. The fourth-order valence-electron chi connectivity index (χ4n) is 3.23. The third kappa shape index (κ3) is 5.43. The lowest BCUT2D eigenvalue weighted by molar-refractivity contribution is -0.120. The molecule has 0 radical (unpaired) electrons. The first kappa shape index (κ1) is 23.6. The number of benzene rings is 2. The minimum atomic E-state index is -0.675. The minimum Gasteiger partial charge on any atom is -0.343 e. The quantitative estimate of drug-likeness (QED) is 0.514. The number of hydrazine groups is 1. The first-order chi connectivity index (χ1) is 15.6. The van der Waals surface area contributed by atoms with E-state index in [1.54, 1.807) is 43.3 Å². The highest BCUT2D eigenvalue weighted by Crippen LogP contribution is 2.22. The Bertz CT molecular complexity index is 1260. The molecule has 0 aliphatic carbocycles. The number of fused-ring (bicyclic) bond motifs is 1. The number of carbonyl (C=O) groups excluding carboxylic acids is 3. The molecule has 0 atom stereocenters. The third-order valence-corrected chi connectivity index (χ3v) is 5.12. The van der Waals surface area contributed by atoms with Crippen LogP contribution < -0.4 is 21.7 Å². The summed E-state index contributed by atoms with van der Waals surface area (Å²) in [5.74, 6) is -1.69. The van der Waals surface area contributed by atoms with E-state index in [0.29, 0.717) is 22.9 Å². The molecule has 0 aliphatic heterocycles. The van der Waals surface area contributed by atoms with Crippen LogP contribution >= 0.6 is 0 Å². The third-order valence-electron chi connectivity index (χ3n) is 5.12. The van der Waals surface area contributed by atoms with Crippen LogP contribution in [0.2, 0.25) is 0 Å². The highest BCUT2D eigenvalue weighted by atomic mass is 16.2. The first-order valence-corrected chi connectivity index (χ1v) is 10.6. The largest absolute Gasteiger partial charge is 0.343 e. The fourth-order valence-corrected chi connectivity index (χ4v) is 3.23. The number of aromatic nitrogens is 2. The summed E-state index contributed by atoms with van der Waals surface area (Å²) in [7, 11) is 0.